The van der Waals surface area contributed by atoms with Crippen LogP contribution in [-0.4, -0.2) is 53.8 Å². The number of nitrogens with one attached hydrogen (secondary N) is 1. The fourth-order valence-electron chi connectivity index (χ4n) is 1.91. The van der Waals surface area contributed by atoms with Gasteiger partial charge in [-0.05, 0) is 13.3 Å². The van der Waals surface area contributed by atoms with E-state index in [9.17, 15) is 9.59 Å². The Balaban J connectivity index is 2.46. The van der Waals surface area contributed by atoms with E-state index in [1.54, 1.807) is 4.90 Å². The van der Waals surface area contributed by atoms with Gasteiger partial charge in [-0.15, -0.1) is 0 Å². The predicted molar refractivity (Wildman–Crippen MR) is 66.5 cm³/mol. The van der Waals surface area contributed by atoms with E-state index in [2.05, 4.69) is 5.32 Å². The van der Waals surface area contributed by atoms with Crippen LogP contribution in [0, 0.1) is 0 Å². The summed E-state index contributed by atoms with van der Waals surface area (Å²) in [6, 6.07) is -1.11. The fourth-order valence-corrected chi connectivity index (χ4v) is 1.91. The summed E-state index contributed by atoms with van der Waals surface area (Å²) in [6.07, 6.45) is 2.17. The van der Waals surface area contributed by atoms with E-state index < -0.39 is 12.0 Å². The maximum Gasteiger partial charge on any atom is 0.326 e. The second-order valence-electron chi connectivity index (χ2n) is 4.61. The van der Waals surface area contributed by atoms with Crippen LogP contribution in [0.2, 0.25) is 0 Å². The molecule has 1 saturated heterocycles. The Kier molecular flexibility index (Phi) is 5.91. The molecule has 1 unspecified atom stereocenters. The Hall–Kier alpha value is -1.30. The van der Waals surface area contributed by atoms with Crippen LogP contribution in [0.25, 0.3) is 0 Å². The number of aliphatic carboxylic acids is 1. The highest BCUT2D eigenvalue weighted by Gasteiger charge is 2.25. The summed E-state index contributed by atoms with van der Waals surface area (Å²) in [5.41, 5.74) is 0. The molecule has 6 heteroatoms. The summed E-state index contributed by atoms with van der Waals surface area (Å²) in [7, 11) is 0. The van der Waals surface area contributed by atoms with Crippen molar-refractivity contribution in [3.63, 3.8) is 0 Å². The van der Waals surface area contributed by atoms with Gasteiger partial charge in [-0.2, -0.15) is 0 Å². The zero-order chi connectivity index (χ0) is 13.5. The van der Waals surface area contributed by atoms with E-state index in [0.717, 1.165) is 12.8 Å². The lowest BCUT2D eigenvalue weighted by atomic mass is 10.1. The number of rotatable bonds is 5. The van der Waals surface area contributed by atoms with Crippen LogP contribution in [0.4, 0.5) is 4.79 Å². The number of hydrogen-bond donors (Lipinski definition) is 2. The fraction of sp³-hybridized carbons (Fsp3) is 0.833. The maximum absolute atomic E-state index is 11.9. The molecule has 1 aliphatic rings. The second-order valence-corrected chi connectivity index (χ2v) is 4.61. The minimum Gasteiger partial charge on any atom is -0.480 e. The van der Waals surface area contributed by atoms with Crippen LogP contribution in [0.3, 0.4) is 0 Å². The van der Waals surface area contributed by atoms with Crippen molar-refractivity contribution in [1.82, 2.24) is 10.2 Å². The number of urea groups is 1. The van der Waals surface area contributed by atoms with E-state index in [1.165, 1.54) is 0 Å². The zero-order valence-electron chi connectivity index (χ0n) is 11.0. The molecule has 18 heavy (non-hydrogen) atoms. The van der Waals surface area contributed by atoms with E-state index in [0.29, 0.717) is 26.1 Å². The quantitative estimate of drug-likeness (QED) is 0.773. The molecule has 6 nitrogen and oxygen atoms in total. The number of nitrogens with zero attached hydrogens (tertiary/aromatic N) is 1. The molecule has 0 radical (unpaired) electrons. The Morgan fingerprint density at radius 2 is 2.28 bits per heavy atom. The van der Waals surface area contributed by atoms with Gasteiger partial charge < -0.3 is 20.1 Å². The van der Waals surface area contributed by atoms with Crippen molar-refractivity contribution >= 4 is 12.0 Å². The van der Waals surface area contributed by atoms with Gasteiger partial charge >= 0.3 is 12.0 Å². The highest BCUT2D eigenvalue weighted by atomic mass is 16.5. The Morgan fingerprint density at radius 1 is 1.56 bits per heavy atom. The summed E-state index contributed by atoms with van der Waals surface area (Å²) < 4.78 is 5.34. The largest absolute Gasteiger partial charge is 0.480 e. The Bertz CT molecular complexity index is 296. The standard InChI is InChI=1S/C12H22N2O4/c1-3-4-5-10(11(15)16)13-12(17)14-6-7-18-9(2)8-14/h9-10H,3-8H2,1-2H3,(H,13,17)(H,15,16)/t9?,10-/m0/s1. The summed E-state index contributed by atoms with van der Waals surface area (Å²) in [4.78, 5) is 24.6. The third kappa shape index (κ3) is 4.52. The predicted octanol–water partition coefficient (Wildman–Crippen LogP) is 1.06. The average molecular weight is 258 g/mol. The smallest absolute Gasteiger partial charge is 0.326 e. The van der Waals surface area contributed by atoms with Crippen molar-refractivity contribution in [2.75, 3.05) is 19.7 Å². The SMILES string of the molecule is CCCC[C@H](NC(=O)N1CCOC(C)C1)C(=O)O. The zero-order valence-corrected chi connectivity index (χ0v) is 11.0. The summed E-state index contributed by atoms with van der Waals surface area (Å²) in [5, 5.41) is 11.6. The molecular weight excluding hydrogens is 236 g/mol. The third-order valence-electron chi connectivity index (χ3n) is 2.97. The Labute approximate surface area is 107 Å². The lowest BCUT2D eigenvalue weighted by molar-refractivity contribution is -0.139. The normalized spacial score (nSPS) is 21.4. The molecule has 1 rings (SSSR count). The molecule has 0 bridgehead atoms. The summed E-state index contributed by atoms with van der Waals surface area (Å²) in [6.45, 7) is 5.40. The summed E-state index contributed by atoms with van der Waals surface area (Å²) >= 11 is 0. The van der Waals surface area contributed by atoms with Gasteiger partial charge in [-0.25, -0.2) is 9.59 Å². The van der Waals surface area contributed by atoms with Crippen molar-refractivity contribution in [3.8, 4) is 0 Å². The molecule has 2 N–H and O–H groups in total. The first-order chi connectivity index (χ1) is 8.54. The number of carbonyl (C=O) groups is 2. The molecule has 104 valence electrons. The molecule has 1 heterocycles. The molecule has 0 aromatic rings. The number of hydrogen-bond acceptors (Lipinski definition) is 3. The van der Waals surface area contributed by atoms with Gasteiger partial charge in [0.15, 0.2) is 0 Å². The van der Waals surface area contributed by atoms with Gasteiger partial charge in [0.25, 0.3) is 0 Å². The van der Waals surface area contributed by atoms with Crippen LogP contribution in [0.5, 0.6) is 0 Å². The number of carboxylic acids is 1. The molecule has 0 aliphatic carbocycles. The van der Waals surface area contributed by atoms with Gasteiger partial charge in [0.2, 0.25) is 0 Å². The van der Waals surface area contributed by atoms with Crippen LogP contribution in [-0.2, 0) is 9.53 Å². The molecule has 2 atom stereocenters. The van der Waals surface area contributed by atoms with Gasteiger partial charge in [0.1, 0.15) is 6.04 Å². The first-order valence-corrected chi connectivity index (χ1v) is 6.44. The molecular formula is C12H22N2O4. The topological polar surface area (TPSA) is 78.9 Å². The minimum atomic E-state index is -0.974. The van der Waals surface area contributed by atoms with Crippen LogP contribution < -0.4 is 5.32 Å². The molecule has 1 aliphatic heterocycles. The van der Waals surface area contributed by atoms with Crippen LogP contribution in [0.15, 0.2) is 0 Å². The summed E-state index contributed by atoms with van der Waals surface area (Å²) in [5.74, 6) is -0.974. The molecule has 0 saturated carbocycles. The average Bonchev–Trinajstić information content (AvgIpc) is 2.33. The van der Waals surface area contributed by atoms with Crippen molar-refractivity contribution in [3.05, 3.63) is 0 Å². The number of carbonyl (C=O) groups excluding carboxylic acids is 1. The highest BCUT2D eigenvalue weighted by molar-refractivity contribution is 5.82. The third-order valence-corrected chi connectivity index (χ3v) is 2.97. The lowest BCUT2D eigenvalue weighted by Gasteiger charge is -2.32. The van der Waals surface area contributed by atoms with Crippen molar-refractivity contribution < 1.29 is 19.4 Å². The van der Waals surface area contributed by atoms with Gasteiger partial charge in [0.05, 0.1) is 12.7 Å². The van der Waals surface area contributed by atoms with E-state index in [4.69, 9.17) is 9.84 Å². The van der Waals surface area contributed by atoms with E-state index in [1.807, 2.05) is 13.8 Å². The van der Waals surface area contributed by atoms with Crippen LogP contribution in [0.1, 0.15) is 33.1 Å². The van der Waals surface area contributed by atoms with Gasteiger partial charge in [-0.3, -0.25) is 0 Å². The van der Waals surface area contributed by atoms with Crippen LogP contribution >= 0.6 is 0 Å². The molecule has 0 spiro atoms. The number of ether oxygens (including phenoxy) is 1. The van der Waals surface area contributed by atoms with E-state index >= 15 is 0 Å². The first-order valence-electron chi connectivity index (χ1n) is 6.44. The van der Waals surface area contributed by atoms with E-state index in [-0.39, 0.29) is 12.1 Å². The molecule has 0 aromatic carbocycles. The van der Waals surface area contributed by atoms with Crippen molar-refractivity contribution in [1.29, 1.82) is 0 Å². The van der Waals surface area contributed by atoms with Gasteiger partial charge in [-0.1, -0.05) is 19.8 Å². The number of carboxylic acid groups (broad SMARTS) is 1. The maximum atomic E-state index is 11.9. The second kappa shape index (κ2) is 7.20. The number of unbranched alkanes of at least 4 members (excludes halogenated alkanes) is 1. The van der Waals surface area contributed by atoms with Gasteiger partial charge in [0, 0.05) is 13.1 Å². The van der Waals surface area contributed by atoms with Crippen molar-refractivity contribution in [2.45, 2.75) is 45.3 Å². The molecule has 1 fully saturated rings. The minimum absolute atomic E-state index is 0.00317. The molecule has 2 amide bonds. The monoisotopic (exact) mass is 258 g/mol. The number of amides is 2. The number of morpholine rings is 1. The Morgan fingerprint density at radius 3 is 2.83 bits per heavy atom. The van der Waals surface area contributed by atoms with Crippen molar-refractivity contribution in [2.24, 2.45) is 0 Å². The molecule has 0 aromatic heterocycles. The lowest BCUT2D eigenvalue weighted by Crippen LogP contribution is -2.52. The first kappa shape index (κ1) is 14.8. The highest BCUT2D eigenvalue weighted by Crippen LogP contribution is 2.06.